The standard InChI is InChI=1S/C18H27FN2O2/c1-14(2)10-21(11-15-4-6-16(19)7-5-15)17(23)20-12-18(13-22)8-3-9-18/h4-7,14,22H,3,8-13H2,1-2H3,(H,20,23). The molecule has 0 radical (unpaired) electrons. The van der Waals surface area contributed by atoms with Crippen molar-refractivity contribution in [1.82, 2.24) is 10.2 Å². The number of hydrogen-bond acceptors (Lipinski definition) is 2. The lowest BCUT2D eigenvalue weighted by molar-refractivity contribution is 0.0454. The minimum Gasteiger partial charge on any atom is -0.396 e. The zero-order chi connectivity index (χ0) is 16.9. The van der Waals surface area contributed by atoms with Crippen molar-refractivity contribution in [2.45, 2.75) is 39.7 Å². The summed E-state index contributed by atoms with van der Waals surface area (Å²) in [6, 6.07) is 6.11. The largest absolute Gasteiger partial charge is 0.396 e. The Morgan fingerprint density at radius 1 is 1.35 bits per heavy atom. The Morgan fingerprint density at radius 3 is 2.48 bits per heavy atom. The number of carbonyl (C=O) groups is 1. The van der Waals surface area contributed by atoms with E-state index in [0.29, 0.717) is 25.6 Å². The van der Waals surface area contributed by atoms with Gasteiger partial charge in [0.1, 0.15) is 5.82 Å². The number of aliphatic hydroxyl groups excluding tert-OH is 1. The molecule has 1 aliphatic rings. The van der Waals surface area contributed by atoms with Gasteiger partial charge in [0.2, 0.25) is 0 Å². The summed E-state index contributed by atoms with van der Waals surface area (Å²) in [6.45, 7) is 5.85. The number of urea groups is 1. The monoisotopic (exact) mass is 322 g/mol. The lowest BCUT2D eigenvalue weighted by Crippen LogP contribution is -2.49. The van der Waals surface area contributed by atoms with Crippen LogP contribution in [0, 0.1) is 17.2 Å². The fourth-order valence-corrected chi connectivity index (χ4v) is 2.91. The molecule has 1 aromatic carbocycles. The fourth-order valence-electron chi connectivity index (χ4n) is 2.91. The molecule has 0 aromatic heterocycles. The highest BCUT2D eigenvalue weighted by atomic mass is 19.1. The molecule has 0 bridgehead atoms. The van der Waals surface area contributed by atoms with Crippen LogP contribution in [-0.2, 0) is 6.54 Å². The van der Waals surface area contributed by atoms with Crippen LogP contribution in [0.5, 0.6) is 0 Å². The van der Waals surface area contributed by atoms with Gasteiger partial charge in [0.05, 0.1) is 6.61 Å². The van der Waals surface area contributed by atoms with Crippen LogP contribution in [0.25, 0.3) is 0 Å². The Labute approximate surface area is 137 Å². The van der Waals surface area contributed by atoms with Gasteiger partial charge in [-0.25, -0.2) is 9.18 Å². The molecule has 1 saturated carbocycles. The Hall–Kier alpha value is -1.62. The van der Waals surface area contributed by atoms with Gasteiger partial charge in [-0.2, -0.15) is 0 Å². The Balaban J connectivity index is 1.96. The Bertz CT molecular complexity index is 507. The number of halogens is 1. The molecule has 128 valence electrons. The van der Waals surface area contributed by atoms with Crippen LogP contribution in [0.2, 0.25) is 0 Å². The molecule has 2 N–H and O–H groups in total. The minimum absolute atomic E-state index is 0.120. The van der Waals surface area contributed by atoms with Crippen molar-refractivity contribution in [2.75, 3.05) is 19.7 Å². The van der Waals surface area contributed by atoms with Crippen LogP contribution in [0.15, 0.2) is 24.3 Å². The fraction of sp³-hybridized carbons (Fsp3) is 0.611. The topological polar surface area (TPSA) is 52.6 Å². The van der Waals surface area contributed by atoms with E-state index in [0.717, 1.165) is 24.8 Å². The van der Waals surface area contributed by atoms with Crippen LogP contribution in [0.3, 0.4) is 0 Å². The third-order valence-electron chi connectivity index (χ3n) is 4.52. The van der Waals surface area contributed by atoms with E-state index < -0.39 is 0 Å². The van der Waals surface area contributed by atoms with Crippen LogP contribution in [-0.4, -0.2) is 35.7 Å². The van der Waals surface area contributed by atoms with Crippen molar-refractivity contribution in [2.24, 2.45) is 11.3 Å². The molecule has 23 heavy (non-hydrogen) atoms. The summed E-state index contributed by atoms with van der Waals surface area (Å²) >= 11 is 0. The summed E-state index contributed by atoms with van der Waals surface area (Å²) in [4.78, 5) is 14.3. The van der Waals surface area contributed by atoms with Gasteiger partial charge >= 0.3 is 6.03 Å². The summed E-state index contributed by atoms with van der Waals surface area (Å²) in [7, 11) is 0. The van der Waals surface area contributed by atoms with Crippen molar-refractivity contribution in [3.63, 3.8) is 0 Å². The maximum atomic E-state index is 13.0. The van der Waals surface area contributed by atoms with Gasteiger partial charge in [-0.3, -0.25) is 0 Å². The summed E-state index contributed by atoms with van der Waals surface area (Å²) in [5.74, 6) is 0.0696. The van der Waals surface area contributed by atoms with Crippen LogP contribution in [0.4, 0.5) is 9.18 Å². The highest BCUT2D eigenvalue weighted by Gasteiger charge is 2.36. The van der Waals surface area contributed by atoms with Crippen molar-refractivity contribution in [3.8, 4) is 0 Å². The first-order valence-corrected chi connectivity index (χ1v) is 8.32. The quantitative estimate of drug-likeness (QED) is 0.810. The number of rotatable bonds is 7. The Kier molecular flexibility index (Phi) is 5.99. The highest BCUT2D eigenvalue weighted by molar-refractivity contribution is 5.74. The first kappa shape index (κ1) is 17.7. The number of nitrogens with zero attached hydrogens (tertiary/aromatic N) is 1. The van der Waals surface area contributed by atoms with E-state index in [9.17, 15) is 14.3 Å². The van der Waals surface area contributed by atoms with Gasteiger partial charge in [0, 0.05) is 25.0 Å². The molecule has 0 saturated heterocycles. The summed E-state index contributed by atoms with van der Waals surface area (Å²) < 4.78 is 13.0. The number of aliphatic hydroxyl groups is 1. The van der Waals surface area contributed by atoms with Crippen molar-refractivity contribution < 1.29 is 14.3 Å². The maximum absolute atomic E-state index is 13.0. The lowest BCUT2D eigenvalue weighted by Gasteiger charge is -2.40. The van der Waals surface area contributed by atoms with Gasteiger partial charge in [-0.15, -0.1) is 0 Å². The molecule has 0 atom stereocenters. The van der Waals surface area contributed by atoms with Gasteiger partial charge in [-0.05, 0) is 36.5 Å². The van der Waals surface area contributed by atoms with Crippen molar-refractivity contribution >= 4 is 6.03 Å². The van der Waals surface area contributed by atoms with E-state index in [1.807, 2.05) is 0 Å². The van der Waals surface area contributed by atoms with E-state index in [1.54, 1.807) is 17.0 Å². The van der Waals surface area contributed by atoms with Gasteiger partial charge < -0.3 is 15.3 Å². The predicted molar refractivity (Wildman–Crippen MR) is 88.4 cm³/mol. The minimum atomic E-state index is -0.275. The number of benzene rings is 1. The van der Waals surface area contributed by atoms with E-state index in [-0.39, 0.29) is 23.9 Å². The first-order valence-electron chi connectivity index (χ1n) is 8.32. The molecule has 0 spiro atoms. The molecule has 1 fully saturated rings. The molecule has 0 unspecified atom stereocenters. The molecule has 5 heteroatoms. The molecule has 2 amide bonds. The van der Waals surface area contributed by atoms with Crippen LogP contribution >= 0.6 is 0 Å². The molecule has 0 aliphatic heterocycles. The van der Waals surface area contributed by atoms with E-state index in [1.165, 1.54) is 12.1 Å². The second-order valence-corrected chi connectivity index (χ2v) is 7.07. The number of nitrogens with one attached hydrogen (secondary N) is 1. The summed E-state index contributed by atoms with van der Waals surface area (Å²) in [5.41, 5.74) is 0.775. The SMILES string of the molecule is CC(C)CN(Cc1ccc(F)cc1)C(=O)NCC1(CO)CCC1. The molecule has 4 nitrogen and oxygen atoms in total. The number of hydrogen-bond donors (Lipinski definition) is 2. The van der Waals surface area contributed by atoms with Gasteiger partial charge in [0.25, 0.3) is 0 Å². The molecular formula is C18H27FN2O2. The second kappa shape index (κ2) is 7.77. The van der Waals surface area contributed by atoms with Crippen molar-refractivity contribution in [1.29, 1.82) is 0 Å². The normalized spacial score (nSPS) is 16.0. The first-order chi connectivity index (χ1) is 10.9. The average Bonchev–Trinajstić information content (AvgIpc) is 2.47. The second-order valence-electron chi connectivity index (χ2n) is 7.07. The smallest absolute Gasteiger partial charge is 0.317 e. The van der Waals surface area contributed by atoms with E-state index >= 15 is 0 Å². The molecule has 0 heterocycles. The zero-order valence-electron chi connectivity index (χ0n) is 14.0. The molecule has 2 rings (SSSR count). The van der Waals surface area contributed by atoms with E-state index in [4.69, 9.17) is 0 Å². The molecule has 1 aliphatic carbocycles. The average molecular weight is 322 g/mol. The zero-order valence-corrected chi connectivity index (χ0v) is 14.0. The third-order valence-corrected chi connectivity index (χ3v) is 4.52. The highest BCUT2D eigenvalue weighted by Crippen LogP contribution is 2.39. The third kappa shape index (κ3) is 4.93. The number of amides is 2. The predicted octanol–water partition coefficient (Wildman–Crippen LogP) is 3.16. The Morgan fingerprint density at radius 2 is 2.00 bits per heavy atom. The van der Waals surface area contributed by atoms with Crippen LogP contribution < -0.4 is 5.32 Å². The maximum Gasteiger partial charge on any atom is 0.317 e. The lowest BCUT2D eigenvalue weighted by atomic mass is 9.69. The molecule has 1 aromatic rings. The summed E-state index contributed by atoms with van der Waals surface area (Å²) in [5, 5.41) is 12.5. The van der Waals surface area contributed by atoms with Crippen molar-refractivity contribution in [3.05, 3.63) is 35.6 Å². The van der Waals surface area contributed by atoms with Gasteiger partial charge in [0.15, 0.2) is 0 Å². The van der Waals surface area contributed by atoms with Crippen LogP contribution in [0.1, 0.15) is 38.7 Å². The van der Waals surface area contributed by atoms with E-state index in [2.05, 4.69) is 19.2 Å². The summed E-state index contributed by atoms with van der Waals surface area (Å²) in [6.07, 6.45) is 3.04. The van der Waals surface area contributed by atoms with Gasteiger partial charge in [-0.1, -0.05) is 32.4 Å². The molecular weight excluding hydrogens is 295 g/mol. The number of carbonyl (C=O) groups excluding carboxylic acids is 1.